The Balaban J connectivity index is 1.56. The van der Waals surface area contributed by atoms with Crippen LogP contribution in [0.2, 0.25) is 0 Å². The summed E-state index contributed by atoms with van der Waals surface area (Å²) < 4.78 is 0. The number of carbonyl (C=O) groups is 3. The molecule has 1 aliphatic rings. The second-order valence-electron chi connectivity index (χ2n) is 8.68. The number of carbonyl (C=O) groups excluding carboxylic acids is 3. The highest BCUT2D eigenvalue weighted by Crippen LogP contribution is 2.23. The fourth-order valence-electron chi connectivity index (χ4n) is 4.17. The predicted molar refractivity (Wildman–Crippen MR) is 122 cm³/mol. The molecule has 2 aromatic carbocycles. The van der Waals surface area contributed by atoms with Crippen molar-refractivity contribution in [2.24, 2.45) is 5.92 Å². The van der Waals surface area contributed by atoms with Crippen molar-refractivity contribution in [3.05, 3.63) is 64.2 Å². The molecule has 0 aliphatic carbocycles. The number of aryl methyl sites for hydroxylation is 4. The molecule has 6 heteroatoms. The topological polar surface area (TPSA) is 69.7 Å². The molecular weight excluding hydrogens is 390 g/mol. The molecule has 1 N–H and O–H groups in total. The van der Waals surface area contributed by atoms with E-state index in [-0.39, 0.29) is 30.7 Å². The van der Waals surface area contributed by atoms with Gasteiger partial charge in [0.1, 0.15) is 0 Å². The largest absolute Gasteiger partial charge is 0.338 e. The number of hydrogen-bond donors (Lipinski definition) is 1. The Kier molecular flexibility index (Phi) is 6.78. The van der Waals surface area contributed by atoms with Crippen LogP contribution >= 0.6 is 0 Å². The number of benzene rings is 2. The zero-order chi connectivity index (χ0) is 22.7. The zero-order valence-corrected chi connectivity index (χ0v) is 19.0. The molecule has 3 rings (SSSR count). The summed E-state index contributed by atoms with van der Waals surface area (Å²) in [6.07, 6.45) is 0.187. The fraction of sp³-hybridized carbons (Fsp3) is 0.400. The predicted octanol–water partition coefficient (Wildman–Crippen LogP) is 3.37. The van der Waals surface area contributed by atoms with Crippen LogP contribution in [0.5, 0.6) is 0 Å². The first-order valence-electron chi connectivity index (χ1n) is 10.6. The van der Waals surface area contributed by atoms with Gasteiger partial charge in [-0.1, -0.05) is 47.5 Å². The Morgan fingerprint density at radius 3 is 2.26 bits per heavy atom. The Hall–Kier alpha value is -3.15. The van der Waals surface area contributed by atoms with Crippen molar-refractivity contribution < 1.29 is 14.4 Å². The minimum atomic E-state index is -0.418. The molecule has 1 aliphatic heterocycles. The van der Waals surface area contributed by atoms with E-state index in [1.165, 1.54) is 10.5 Å². The standard InChI is InChI=1S/C25H31N3O3/c1-16-6-8-20(9-7-16)13-28-14-21(12-23(28)30)25(31)27(5)15-22(29)26-24-18(3)10-17(2)11-19(24)4/h6-11,21H,12-15H2,1-5H3,(H,26,29)/t21-/m0/s1. The van der Waals surface area contributed by atoms with Crippen LogP contribution in [-0.2, 0) is 20.9 Å². The summed E-state index contributed by atoms with van der Waals surface area (Å²) in [5.74, 6) is -0.861. The first-order chi connectivity index (χ1) is 14.6. The van der Waals surface area contributed by atoms with E-state index in [2.05, 4.69) is 5.32 Å². The number of likely N-dealkylation sites (N-methyl/N-ethyl adjacent to an activating group) is 1. The number of nitrogens with zero attached hydrogens (tertiary/aromatic N) is 2. The minimum absolute atomic E-state index is 0.0253. The quantitative estimate of drug-likeness (QED) is 0.778. The van der Waals surface area contributed by atoms with E-state index in [0.717, 1.165) is 27.9 Å². The molecule has 164 valence electrons. The van der Waals surface area contributed by atoms with Crippen LogP contribution in [0.15, 0.2) is 36.4 Å². The van der Waals surface area contributed by atoms with Crippen LogP contribution in [0, 0.1) is 33.6 Å². The maximum Gasteiger partial charge on any atom is 0.243 e. The molecule has 1 fully saturated rings. The van der Waals surface area contributed by atoms with Crippen molar-refractivity contribution >= 4 is 23.4 Å². The molecule has 1 saturated heterocycles. The summed E-state index contributed by atoms with van der Waals surface area (Å²) >= 11 is 0. The monoisotopic (exact) mass is 421 g/mol. The normalized spacial score (nSPS) is 15.8. The average Bonchev–Trinajstić information content (AvgIpc) is 3.06. The lowest BCUT2D eigenvalue weighted by Gasteiger charge is -2.22. The van der Waals surface area contributed by atoms with Gasteiger partial charge in [-0.2, -0.15) is 0 Å². The average molecular weight is 422 g/mol. The van der Waals surface area contributed by atoms with Crippen molar-refractivity contribution in [2.75, 3.05) is 25.5 Å². The van der Waals surface area contributed by atoms with E-state index in [0.29, 0.717) is 13.1 Å². The van der Waals surface area contributed by atoms with Gasteiger partial charge in [-0.05, 0) is 44.4 Å². The van der Waals surface area contributed by atoms with E-state index >= 15 is 0 Å². The highest BCUT2D eigenvalue weighted by Gasteiger charge is 2.36. The van der Waals surface area contributed by atoms with Crippen molar-refractivity contribution in [3.8, 4) is 0 Å². The molecule has 3 amide bonds. The molecule has 0 saturated carbocycles. The first-order valence-corrected chi connectivity index (χ1v) is 10.6. The van der Waals surface area contributed by atoms with Gasteiger partial charge in [0.25, 0.3) is 0 Å². The van der Waals surface area contributed by atoms with Gasteiger partial charge in [-0.3, -0.25) is 14.4 Å². The van der Waals surface area contributed by atoms with Gasteiger partial charge < -0.3 is 15.1 Å². The maximum atomic E-state index is 12.9. The second-order valence-corrected chi connectivity index (χ2v) is 8.68. The van der Waals surface area contributed by atoms with Crippen LogP contribution in [0.4, 0.5) is 5.69 Å². The van der Waals surface area contributed by atoms with Gasteiger partial charge in [0, 0.05) is 32.2 Å². The molecule has 1 heterocycles. The van der Waals surface area contributed by atoms with Crippen molar-refractivity contribution in [2.45, 2.75) is 40.7 Å². The van der Waals surface area contributed by atoms with E-state index in [9.17, 15) is 14.4 Å². The third kappa shape index (κ3) is 5.51. The van der Waals surface area contributed by atoms with E-state index in [4.69, 9.17) is 0 Å². The molecule has 0 radical (unpaired) electrons. The van der Waals surface area contributed by atoms with Crippen molar-refractivity contribution in [3.63, 3.8) is 0 Å². The van der Waals surface area contributed by atoms with E-state index < -0.39 is 5.92 Å². The lowest BCUT2D eigenvalue weighted by molar-refractivity contribution is -0.137. The molecular formula is C25H31N3O3. The van der Waals surface area contributed by atoms with E-state index in [1.54, 1.807) is 11.9 Å². The smallest absolute Gasteiger partial charge is 0.243 e. The van der Waals surface area contributed by atoms with Gasteiger partial charge in [-0.15, -0.1) is 0 Å². The number of rotatable bonds is 6. The summed E-state index contributed by atoms with van der Waals surface area (Å²) in [4.78, 5) is 41.0. The lowest BCUT2D eigenvalue weighted by Crippen LogP contribution is -2.39. The molecule has 0 aromatic heterocycles. The van der Waals surface area contributed by atoms with Gasteiger partial charge in [0.15, 0.2) is 0 Å². The number of likely N-dealkylation sites (tertiary alicyclic amines) is 1. The Bertz CT molecular complexity index is 975. The van der Waals surface area contributed by atoms with Gasteiger partial charge >= 0.3 is 0 Å². The zero-order valence-electron chi connectivity index (χ0n) is 19.0. The lowest BCUT2D eigenvalue weighted by atomic mass is 10.0. The summed E-state index contributed by atoms with van der Waals surface area (Å²) in [6, 6.07) is 12.1. The Morgan fingerprint density at radius 2 is 1.65 bits per heavy atom. The van der Waals surface area contributed by atoms with Crippen LogP contribution in [0.25, 0.3) is 0 Å². The van der Waals surface area contributed by atoms with Crippen LogP contribution in [0.1, 0.15) is 34.2 Å². The highest BCUT2D eigenvalue weighted by atomic mass is 16.2. The Labute approximate surface area is 184 Å². The number of hydrogen-bond acceptors (Lipinski definition) is 3. The summed E-state index contributed by atoms with van der Waals surface area (Å²) in [5.41, 5.74) is 6.13. The highest BCUT2D eigenvalue weighted by molar-refractivity contribution is 5.97. The van der Waals surface area contributed by atoms with Gasteiger partial charge in [-0.25, -0.2) is 0 Å². The fourth-order valence-corrected chi connectivity index (χ4v) is 4.17. The molecule has 0 bridgehead atoms. The molecule has 31 heavy (non-hydrogen) atoms. The maximum absolute atomic E-state index is 12.9. The molecule has 1 atom stereocenters. The molecule has 0 unspecified atom stereocenters. The molecule has 0 spiro atoms. The van der Waals surface area contributed by atoms with Crippen molar-refractivity contribution in [1.82, 2.24) is 9.80 Å². The Morgan fingerprint density at radius 1 is 1.03 bits per heavy atom. The van der Waals surface area contributed by atoms with Crippen LogP contribution in [-0.4, -0.2) is 47.7 Å². The summed E-state index contributed by atoms with van der Waals surface area (Å²) in [6.45, 7) is 8.78. The van der Waals surface area contributed by atoms with E-state index in [1.807, 2.05) is 64.1 Å². The van der Waals surface area contributed by atoms with Crippen LogP contribution in [0.3, 0.4) is 0 Å². The van der Waals surface area contributed by atoms with Crippen molar-refractivity contribution in [1.29, 1.82) is 0 Å². The molecule has 2 aromatic rings. The number of anilines is 1. The van der Waals surface area contributed by atoms with Crippen LogP contribution < -0.4 is 5.32 Å². The van der Waals surface area contributed by atoms with Gasteiger partial charge in [0.05, 0.1) is 12.5 Å². The third-order valence-electron chi connectivity index (χ3n) is 5.76. The second kappa shape index (κ2) is 9.33. The third-order valence-corrected chi connectivity index (χ3v) is 5.76. The minimum Gasteiger partial charge on any atom is -0.338 e. The first kappa shape index (κ1) is 22.5. The summed E-state index contributed by atoms with van der Waals surface area (Å²) in [7, 11) is 1.61. The SMILES string of the molecule is Cc1ccc(CN2C[C@@H](C(=O)N(C)CC(=O)Nc3c(C)cc(C)cc3C)CC2=O)cc1. The number of nitrogens with one attached hydrogen (secondary N) is 1. The molecule has 6 nitrogen and oxygen atoms in total. The number of amides is 3. The van der Waals surface area contributed by atoms with Gasteiger partial charge in [0.2, 0.25) is 17.7 Å². The summed E-state index contributed by atoms with van der Waals surface area (Å²) in [5, 5.41) is 2.93.